The molecule has 0 fully saturated rings. The summed E-state index contributed by atoms with van der Waals surface area (Å²) in [5.74, 6) is 0.605. The summed E-state index contributed by atoms with van der Waals surface area (Å²) in [6.45, 7) is 1.88. The number of aliphatic hydroxyl groups excluding tert-OH is 1. The SMILES string of the molecule is CC(CCC(N)O)Oc1ccc(C#N)c(Cl)c1. The van der Waals surface area contributed by atoms with E-state index in [2.05, 4.69) is 0 Å². The number of halogens is 1. The van der Waals surface area contributed by atoms with Gasteiger partial charge >= 0.3 is 0 Å². The van der Waals surface area contributed by atoms with Crippen molar-refractivity contribution in [3.05, 3.63) is 28.8 Å². The fourth-order valence-corrected chi connectivity index (χ4v) is 1.57. The van der Waals surface area contributed by atoms with Crippen molar-refractivity contribution in [2.45, 2.75) is 32.1 Å². The second kappa shape index (κ2) is 6.45. The highest BCUT2D eigenvalue weighted by molar-refractivity contribution is 6.31. The molecule has 1 aromatic carbocycles. The lowest BCUT2D eigenvalue weighted by atomic mass is 10.2. The summed E-state index contributed by atoms with van der Waals surface area (Å²) in [5, 5.41) is 18.0. The van der Waals surface area contributed by atoms with E-state index in [1.54, 1.807) is 18.2 Å². The third-order valence-corrected chi connectivity index (χ3v) is 2.58. The van der Waals surface area contributed by atoms with Crippen molar-refractivity contribution >= 4 is 11.6 Å². The fraction of sp³-hybridized carbons (Fsp3) is 0.417. The number of hydrogen-bond acceptors (Lipinski definition) is 4. The number of aliphatic hydroxyl groups is 1. The summed E-state index contributed by atoms with van der Waals surface area (Å²) in [4.78, 5) is 0. The maximum absolute atomic E-state index is 8.94. The predicted molar refractivity (Wildman–Crippen MR) is 65.7 cm³/mol. The van der Waals surface area contributed by atoms with E-state index in [1.165, 1.54) is 0 Å². The van der Waals surface area contributed by atoms with Crippen molar-refractivity contribution in [3.63, 3.8) is 0 Å². The van der Waals surface area contributed by atoms with Crippen molar-refractivity contribution in [2.24, 2.45) is 5.73 Å². The molecule has 1 rings (SSSR count). The Kier molecular flexibility index (Phi) is 5.23. The Bertz CT molecular complexity index is 415. The van der Waals surface area contributed by atoms with Gasteiger partial charge in [-0.2, -0.15) is 5.26 Å². The number of rotatable bonds is 5. The summed E-state index contributed by atoms with van der Waals surface area (Å²) in [7, 11) is 0. The van der Waals surface area contributed by atoms with E-state index < -0.39 is 6.23 Å². The van der Waals surface area contributed by atoms with Crippen LogP contribution in [0.15, 0.2) is 18.2 Å². The van der Waals surface area contributed by atoms with Crippen molar-refractivity contribution < 1.29 is 9.84 Å². The van der Waals surface area contributed by atoms with E-state index in [1.807, 2.05) is 13.0 Å². The number of nitrogens with two attached hydrogens (primary N) is 1. The average Bonchev–Trinajstić information content (AvgIpc) is 2.26. The highest BCUT2D eigenvalue weighted by Gasteiger charge is 2.08. The van der Waals surface area contributed by atoms with Crippen LogP contribution in [0.5, 0.6) is 5.75 Å². The molecule has 0 saturated heterocycles. The molecule has 17 heavy (non-hydrogen) atoms. The zero-order chi connectivity index (χ0) is 12.8. The first-order chi connectivity index (χ1) is 8.02. The summed E-state index contributed by atoms with van der Waals surface area (Å²) < 4.78 is 5.58. The zero-order valence-electron chi connectivity index (χ0n) is 9.56. The Balaban J connectivity index is 2.57. The Hall–Kier alpha value is -1.28. The lowest BCUT2D eigenvalue weighted by Crippen LogP contribution is -2.22. The predicted octanol–water partition coefficient (Wildman–Crippen LogP) is 2.04. The van der Waals surface area contributed by atoms with E-state index >= 15 is 0 Å². The topological polar surface area (TPSA) is 79.3 Å². The van der Waals surface area contributed by atoms with Crippen LogP contribution in [-0.2, 0) is 0 Å². The molecule has 0 aromatic heterocycles. The summed E-state index contributed by atoms with van der Waals surface area (Å²) >= 11 is 5.88. The van der Waals surface area contributed by atoms with E-state index in [0.29, 0.717) is 29.2 Å². The van der Waals surface area contributed by atoms with Crippen molar-refractivity contribution in [3.8, 4) is 11.8 Å². The highest BCUT2D eigenvalue weighted by atomic mass is 35.5. The van der Waals surface area contributed by atoms with Gasteiger partial charge in [0.15, 0.2) is 0 Å². The molecule has 1 aromatic rings. The van der Waals surface area contributed by atoms with Crippen LogP contribution >= 0.6 is 11.6 Å². The van der Waals surface area contributed by atoms with Gasteiger partial charge in [-0.1, -0.05) is 11.6 Å². The van der Waals surface area contributed by atoms with Crippen LogP contribution < -0.4 is 10.5 Å². The van der Waals surface area contributed by atoms with Gasteiger partial charge in [-0.05, 0) is 31.9 Å². The van der Waals surface area contributed by atoms with Crippen molar-refractivity contribution in [1.29, 1.82) is 5.26 Å². The first-order valence-corrected chi connectivity index (χ1v) is 5.70. The van der Waals surface area contributed by atoms with Gasteiger partial charge in [0.25, 0.3) is 0 Å². The first-order valence-electron chi connectivity index (χ1n) is 5.33. The summed E-state index contributed by atoms with van der Waals surface area (Å²) in [6.07, 6.45) is 0.239. The highest BCUT2D eigenvalue weighted by Crippen LogP contribution is 2.23. The Morgan fingerprint density at radius 3 is 2.76 bits per heavy atom. The third kappa shape index (κ3) is 4.61. The van der Waals surface area contributed by atoms with Gasteiger partial charge in [-0.15, -0.1) is 0 Å². The normalized spacial score (nSPS) is 13.8. The molecule has 0 radical (unpaired) electrons. The molecular formula is C12H15ClN2O2. The molecule has 92 valence electrons. The van der Waals surface area contributed by atoms with Crippen LogP contribution in [0.25, 0.3) is 0 Å². The molecule has 0 aliphatic carbocycles. The minimum Gasteiger partial charge on any atom is -0.491 e. The van der Waals surface area contributed by atoms with Gasteiger partial charge in [-0.3, -0.25) is 0 Å². The van der Waals surface area contributed by atoms with Gasteiger partial charge in [-0.25, -0.2) is 0 Å². The molecular weight excluding hydrogens is 240 g/mol. The monoisotopic (exact) mass is 254 g/mol. The second-order valence-corrected chi connectivity index (χ2v) is 4.23. The van der Waals surface area contributed by atoms with Crippen molar-refractivity contribution in [1.82, 2.24) is 0 Å². The molecule has 2 unspecified atom stereocenters. The molecule has 4 nitrogen and oxygen atoms in total. The number of ether oxygens (including phenoxy) is 1. The molecule has 0 amide bonds. The molecule has 0 saturated carbocycles. The molecule has 0 heterocycles. The minimum atomic E-state index is -0.814. The van der Waals surface area contributed by atoms with Crippen LogP contribution in [-0.4, -0.2) is 17.4 Å². The molecule has 0 aliphatic heterocycles. The van der Waals surface area contributed by atoms with Crippen LogP contribution in [0.1, 0.15) is 25.3 Å². The number of hydrogen-bond donors (Lipinski definition) is 2. The van der Waals surface area contributed by atoms with Crippen LogP contribution in [0, 0.1) is 11.3 Å². The van der Waals surface area contributed by atoms with E-state index in [4.69, 9.17) is 32.4 Å². The summed E-state index contributed by atoms with van der Waals surface area (Å²) in [5.41, 5.74) is 5.66. The van der Waals surface area contributed by atoms with E-state index in [-0.39, 0.29) is 6.10 Å². The maximum Gasteiger partial charge on any atom is 0.121 e. The molecule has 0 bridgehead atoms. The Morgan fingerprint density at radius 2 is 2.24 bits per heavy atom. The number of benzene rings is 1. The molecule has 0 spiro atoms. The lowest BCUT2D eigenvalue weighted by Gasteiger charge is -2.15. The van der Waals surface area contributed by atoms with Gasteiger partial charge in [0.05, 0.1) is 16.7 Å². The lowest BCUT2D eigenvalue weighted by molar-refractivity contribution is 0.137. The first kappa shape index (κ1) is 13.8. The average molecular weight is 255 g/mol. The number of nitrogens with zero attached hydrogens (tertiary/aromatic N) is 1. The maximum atomic E-state index is 8.94. The second-order valence-electron chi connectivity index (χ2n) is 3.83. The minimum absolute atomic E-state index is 0.0720. The zero-order valence-corrected chi connectivity index (χ0v) is 10.3. The van der Waals surface area contributed by atoms with Crippen molar-refractivity contribution in [2.75, 3.05) is 0 Å². The largest absolute Gasteiger partial charge is 0.491 e. The summed E-state index contributed by atoms with van der Waals surface area (Å²) in [6, 6.07) is 6.89. The Morgan fingerprint density at radius 1 is 1.53 bits per heavy atom. The van der Waals surface area contributed by atoms with Crippen LogP contribution in [0.3, 0.4) is 0 Å². The molecule has 2 atom stereocenters. The van der Waals surface area contributed by atoms with Gasteiger partial charge in [0.2, 0.25) is 0 Å². The molecule has 0 aliphatic rings. The molecule has 3 N–H and O–H groups in total. The molecule has 5 heteroatoms. The van der Waals surface area contributed by atoms with Gasteiger partial charge in [0, 0.05) is 6.07 Å². The van der Waals surface area contributed by atoms with Crippen LogP contribution in [0.2, 0.25) is 5.02 Å². The number of nitriles is 1. The Labute approximate surface area is 106 Å². The van der Waals surface area contributed by atoms with Gasteiger partial charge in [0.1, 0.15) is 18.0 Å². The third-order valence-electron chi connectivity index (χ3n) is 2.27. The van der Waals surface area contributed by atoms with E-state index in [9.17, 15) is 0 Å². The standard InChI is InChI=1S/C12H15ClN2O2/c1-8(2-5-12(15)16)17-10-4-3-9(7-14)11(13)6-10/h3-4,6,8,12,16H,2,5,15H2,1H3. The quantitative estimate of drug-likeness (QED) is 0.788. The van der Waals surface area contributed by atoms with Crippen LogP contribution in [0.4, 0.5) is 0 Å². The van der Waals surface area contributed by atoms with E-state index in [0.717, 1.165) is 0 Å². The van der Waals surface area contributed by atoms with Gasteiger partial charge < -0.3 is 15.6 Å². The fourth-order valence-electron chi connectivity index (χ4n) is 1.36. The smallest absolute Gasteiger partial charge is 0.121 e.